The summed E-state index contributed by atoms with van der Waals surface area (Å²) in [6.07, 6.45) is 10.7. The summed E-state index contributed by atoms with van der Waals surface area (Å²) in [7, 11) is 0. The van der Waals surface area contributed by atoms with Crippen LogP contribution in [0.1, 0.15) is 26.7 Å². The van der Waals surface area contributed by atoms with E-state index >= 15 is 0 Å². The third-order valence-corrected chi connectivity index (χ3v) is 3.40. The summed E-state index contributed by atoms with van der Waals surface area (Å²) in [5.41, 5.74) is 8.09. The van der Waals surface area contributed by atoms with Crippen molar-refractivity contribution >= 4 is 12.3 Å². The molecule has 0 atom stereocenters. The summed E-state index contributed by atoms with van der Waals surface area (Å²) in [5.74, 6) is -0.508. The third-order valence-electron chi connectivity index (χ3n) is 3.40. The van der Waals surface area contributed by atoms with Gasteiger partial charge in [0.05, 0.1) is 31.5 Å². The van der Waals surface area contributed by atoms with Crippen LogP contribution >= 0.6 is 0 Å². The quantitative estimate of drug-likeness (QED) is 0.610. The fourth-order valence-electron chi connectivity index (χ4n) is 2.34. The summed E-state index contributed by atoms with van der Waals surface area (Å²) in [6, 6.07) is 0. The minimum atomic E-state index is -0.508. The highest BCUT2D eigenvalue weighted by Gasteiger charge is 2.15. The van der Waals surface area contributed by atoms with Crippen molar-refractivity contribution in [3.05, 3.63) is 41.9 Å². The van der Waals surface area contributed by atoms with E-state index in [0.29, 0.717) is 19.7 Å². The van der Waals surface area contributed by atoms with Crippen LogP contribution in [0.3, 0.4) is 0 Å². The van der Waals surface area contributed by atoms with Crippen LogP contribution in [0, 0.1) is 0 Å². The molecule has 0 saturated heterocycles. The van der Waals surface area contributed by atoms with Crippen LogP contribution in [-0.2, 0) is 16.1 Å². The molecule has 7 nitrogen and oxygen atoms in total. The molecule has 1 aromatic rings. The van der Waals surface area contributed by atoms with Gasteiger partial charge in [-0.3, -0.25) is 0 Å². The normalized spacial score (nSPS) is 15.2. The third kappa shape index (κ3) is 4.70. The zero-order valence-corrected chi connectivity index (χ0v) is 13.6. The number of nitrogens with two attached hydrogens (primary N) is 1. The first-order valence-corrected chi connectivity index (χ1v) is 7.75. The van der Waals surface area contributed by atoms with Crippen molar-refractivity contribution < 1.29 is 9.53 Å². The van der Waals surface area contributed by atoms with Crippen LogP contribution in [0.4, 0.5) is 0 Å². The Kier molecular flexibility index (Phi) is 5.96. The van der Waals surface area contributed by atoms with Crippen molar-refractivity contribution in [3.8, 4) is 0 Å². The summed E-state index contributed by atoms with van der Waals surface area (Å²) in [4.78, 5) is 22.0. The molecule has 0 bridgehead atoms. The minimum Gasteiger partial charge on any atom is -0.461 e. The predicted molar refractivity (Wildman–Crippen MR) is 88.3 cm³/mol. The number of carbonyl (C=O) groups is 1. The van der Waals surface area contributed by atoms with E-state index in [9.17, 15) is 4.79 Å². The molecular weight excluding hydrogens is 294 g/mol. The van der Waals surface area contributed by atoms with Crippen LogP contribution < -0.4 is 5.73 Å². The van der Waals surface area contributed by atoms with E-state index < -0.39 is 5.97 Å². The molecule has 1 aromatic heterocycles. The van der Waals surface area contributed by atoms with Crippen molar-refractivity contribution in [2.75, 3.05) is 13.2 Å². The first-order chi connectivity index (χ1) is 11.1. The van der Waals surface area contributed by atoms with E-state index in [-0.39, 0.29) is 5.70 Å². The average molecular weight is 317 g/mol. The molecule has 0 fully saturated rings. The monoisotopic (exact) mass is 317 g/mol. The van der Waals surface area contributed by atoms with Gasteiger partial charge in [0, 0.05) is 25.1 Å². The lowest BCUT2D eigenvalue weighted by Gasteiger charge is -2.24. The molecule has 124 valence electrons. The van der Waals surface area contributed by atoms with Gasteiger partial charge in [-0.15, -0.1) is 0 Å². The number of carbonyl (C=O) groups excluding carboxylic acids is 1. The maximum atomic E-state index is 11.6. The highest BCUT2D eigenvalue weighted by Crippen LogP contribution is 2.19. The first kappa shape index (κ1) is 16.8. The van der Waals surface area contributed by atoms with Crippen molar-refractivity contribution in [2.24, 2.45) is 10.7 Å². The van der Waals surface area contributed by atoms with Gasteiger partial charge in [-0.1, -0.05) is 13.3 Å². The van der Waals surface area contributed by atoms with Crippen molar-refractivity contribution in [3.63, 3.8) is 0 Å². The number of rotatable bonds is 7. The second kappa shape index (κ2) is 8.17. The molecule has 1 aliphatic rings. The van der Waals surface area contributed by atoms with E-state index in [1.165, 1.54) is 5.57 Å². The van der Waals surface area contributed by atoms with Crippen LogP contribution in [0.25, 0.3) is 0 Å². The molecule has 2 N–H and O–H groups in total. The van der Waals surface area contributed by atoms with Gasteiger partial charge in [0.15, 0.2) is 0 Å². The number of aromatic nitrogens is 2. The topological polar surface area (TPSA) is 85.7 Å². The van der Waals surface area contributed by atoms with Crippen molar-refractivity contribution in [1.29, 1.82) is 0 Å². The SMILES string of the molecule is CCCC1=C(Cn2ccnc2)N=CN(/C=C(\N)C(=O)OCC)C1. The number of allylic oxidation sites excluding steroid dienone is 1. The molecule has 0 unspecified atom stereocenters. The molecule has 7 heteroatoms. The predicted octanol–water partition coefficient (Wildman–Crippen LogP) is 1.64. The Balaban J connectivity index is 2.10. The smallest absolute Gasteiger partial charge is 0.355 e. The van der Waals surface area contributed by atoms with Gasteiger partial charge < -0.3 is 19.9 Å². The fraction of sp³-hybridized carbons (Fsp3) is 0.438. The Morgan fingerprint density at radius 2 is 2.30 bits per heavy atom. The Hall–Kier alpha value is -2.57. The van der Waals surface area contributed by atoms with Crippen LogP contribution in [0.5, 0.6) is 0 Å². The number of nitrogens with zero attached hydrogens (tertiary/aromatic N) is 4. The second-order valence-electron chi connectivity index (χ2n) is 5.26. The van der Waals surface area contributed by atoms with Gasteiger partial charge in [0.1, 0.15) is 5.70 Å². The van der Waals surface area contributed by atoms with Gasteiger partial charge in [0.25, 0.3) is 0 Å². The van der Waals surface area contributed by atoms with E-state index in [1.54, 1.807) is 32.0 Å². The summed E-state index contributed by atoms with van der Waals surface area (Å²) < 4.78 is 6.87. The molecule has 1 aliphatic heterocycles. The lowest BCUT2D eigenvalue weighted by atomic mass is 10.1. The maximum Gasteiger partial charge on any atom is 0.355 e. The summed E-state index contributed by atoms with van der Waals surface area (Å²) in [5, 5.41) is 0. The Bertz CT molecular complexity index is 616. The Morgan fingerprint density at radius 1 is 1.48 bits per heavy atom. The highest BCUT2D eigenvalue weighted by molar-refractivity contribution is 5.87. The van der Waals surface area contributed by atoms with Gasteiger partial charge in [-0.05, 0) is 18.9 Å². The minimum absolute atomic E-state index is 0.0761. The standard InChI is InChI=1S/C16H23N5O2/c1-3-5-13-8-21(9-14(17)16(22)23-4-2)12-19-15(13)10-20-7-6-18-11-20/h6-7,9,11-12H,3-5,8,10,17H2,1-2H3/b14-9-. The molecule has 0 saturated carbocycles. The molecule has 0 spiro atoms. The van der Waals surface area contributed by atoms with Gasteiger partial charge >= 0.3 is 5.97 Å². The zero-order chi connectivity index (χ0) is 16.7. The summed E-state index contributed by atoms with van der Waals surface area (Å²) >= 11 is 0. The maximum absolute atomic E-state index is 11.6. The first-order valence-electron chi connectivity index (χ1n) is 7.75. The lowest BCUT2D eigenvalue weighted by molar-refractivity contribution is -0.138. The van der Waals surface area contributed by atoms with Crippen molar-refractivity contribution in [2.45, 2.75) is 33.2 Å². The Labute approximate surface area is 136 Å². The molecule has 0 amide bonds. The number of ether oxygens (including phenoxy) is 1. The van der Waals surface area contributed by atoms with E-state index in [4.69, 9.17) is 10.5 Å². The van der Waals surface area contributed by atoms with Crippen LogP contribution in [0.15, 0.2) is 46.9 Å². The van der Waals surface area contributed by atoms with E-state index in [1.807, 2.05) is 15.7 Å². The average Bonchev–Trinajstić information content (AvgIpc) is 3.03. The second-order valence-corrected chi connectivity index (χ2v) is 5.26. The molecule has 23 heavy (non-hydrogen) atoms. The number of esters is 1. The number of imidazole rings is 1. The molecule has 0 aliphatic carbocycles. The fourth-order valence-corrected chi connectivity index (χ4v) is 2.34. The Morgan fingerprint density at radius 3 is 2.96 bits per heavy atom. The lowest BCUT2D eigenvalue weighted by Crippen LogP contribution is -2.27. The number of aliphatic imine (C=N–C) groups is 1. The van der Waals surface area contributed by atoms with Gasteiger partial charge in [-0.25, -0.2) is 14.8 Å². The number of hydrogen-bond acceptors (Lipinski definition) is 6. The molecular formula is C16H23N5O2. The van der Waals surface area contributed by atoms with E-state index in [2.05, 4.69) is 16.9 Å². The molecule has 2 heterocycles. The highest BCUT2D eigenvalue weighted by atomic mass is 16.5. The zero-order valence-electron chi connectivity index (χ0n) is 13.6. The molecule has 0 aromatic carbocycles. The summed E-state index contributed by atoms with van der Waals surface area (Å²) in [6.45, 7) is 5.54. The van der Waals surface area contributed by atoms with E-state index in [0.717, 1.165) is 18.5 Å². The number of hydrogen-bond donors (Lipinski definition) is 1. The molecule has 0 radical (unpaired) electrons. The van der Waals surface area contributed by atoms with Crippen molar-refractivity contribution in [1.82, 2.24) is 14.5 Å². The van der Waals surface area contributed by atoms with Gasteiger partial charge in [0.2, 0.25) is 0 Å². The molecule has 2 rings (SSSR count). The van der Waals surface area contributed by atoms with Crippen LogP contribution in [0.2, 0.25) is 0 Å². The van der Waals surface area contributed by atoms with Crippen LogP contribution in [-0.4, -0.2) is 39.9 Å². The largest absolute Gasteiger partial charge is 0.461 e. The van der Waals surface area contributed by atoms with Gasteiger partial charge in [-0.2, -0.15) is 0 Å².